The van der Waals surface area contributed by atoms with Crippen LogP contribution in [0.25, 0.3) is 10.8 Å². The minimum atomic E-state index is -0.545. The average molecular weight is 286 g/mol. The third kappa shape index (κ3) is 1.40. The quantitative estimate of drug-likeness (QED) is 0.746. The van der Waals surface area contributed by atoms with Gasteiger partial charge in [0, 0.05) is 19.0 Å². The van der Waals surface area contributed by atoms with Crippen molar-refractivity contribution in [2.75, 3.05) is 0 Å². The van der Waals surface area contributed by atoms with Crippen molar-refractivity contribution in [2.24, 2.45) is 4.99 Å². The molecule has 0 bridgehead atoms. The zero-order valence-corrected chi connectivity index (χ0v) is 12.0. The molecule has 2 aromatic rings. The van der Waals surface area contributed by atoms with Crippen molar-refractivity contribution in [3.8, 4) is 0 Å². The average Bonchev–Trinajstić information content (AvgIpc) is 3.04. The first-order valence-electron chi connectivity index (χ1n) is 7.54. The first-order chi connectivity index (χ1) is 10.8. The summed E-state index contributed by atoms with van der Waals surface area (Å²) in [5, 5.41) is 2.47. The number of aliphatic imine (C=N–C) groups is 1. The molecular formula is C19H14N2O. The van der Waals surface area contributed by atoms with Crippen LogP contribution in [0.3, 0.4) is 0 Å². The third-order valence-electron chi connectivity index (χ3n) is 4.95. The highest BCUT2D eigenvalue weighted by Crippen LogP contribution is 2.41. The lowest BCUT2D eigenvalue weighted by Crippen LogP contribution is -2.49. The van der Waals surface area contributed by atoms with E-state index in [1.54, 1.807) is 0 Å². The lowest BCUT2D eigenvalue weighted by Gasteiger charge is -2.32. The van der Waals surface area contributed by atoms with Crippen LogP contribution in [-0.2, 0) is 17.6 Å². The van der Waals surface area contributed by atoms with Crippen LogP contribution in [-0.4, -0.2) is 22.2 Å². The van der Waals surface area contributed by atoms with Gasteiger partial charge >= 0.3 is 0 Å². The zero-order valence-electron chi connectivity index (χ0n) is 12.0. The Morgan fingerprint density at radius 2 is 1.68 bits per heavy atom. The molecule has 3 heteroatoms. The fourth-order valence-corrected chi connectivity index (χ4v) is 3.88. The van der Waals surface area contributed by atoms with Gasteiger partial charge in [0.15, 0.2) is 0 Å². The van der Waals surface area contributed by atoms with Gasteiger partial charge in [-0.05, 0) is 34.1 Å². The molecule has 0 saturated heterocycles. The highest BCUT2D eigenvalue weighted by Gasteiger charge is 2.52. The highest BCUT2D eigenvalue weighted by atomic mass is 16.2. The van der Waals surface area contributed by atoms with Crippen molar-refractivity contribution >= 4 is 22.5 Å². The van der Waals surface area contributed by atoms with Crippen molar-refractivity contribution in [3.63, 3.8) is 0 Å². The fourth-order valence-electron chi connectivity index (χ4n) is 3.88. The van der Waals surface area contributed by atoms with Gasteiger partial charge in [0.2, 0.25) is 0 Å². The van der Waals surface area contributed by atoms with E-state index in [1.807, 2.05) is 24.4 Å². The molecular weight excluding hydrogens is 272 g/mol. The molecule has 1 spiro atoms. The molecule has 0 radical (unpaired) electrons. The number of hydrogen-bond acceptors (Lipinski definition) is 2. The predicted octanol–water partition coefficient (Wildman–Crippen LogP) is 3.00. The van der Waals surface area contributed by atoms with E-state index in [0.717, 1.165) is 18.7 Å². The summed E-state index contributed by atoms with van der Waals surface area (Å²) in [4.78, 5) is 18.9. The van der Waals surface area contributed by atoms with Crippen LogP contribution in [0.2, 0.25) is 0 Å². The maximum Gasteiger partial charge on any atom is 0.274 e. The van der Waals surface area contributed by atoms with Crippen molar-refractivity contribution in [3.05, 3.63) is 72.0 Å². The van der Waals surface area contributed by atoms with E-state index in [-0.39, 0.29) is 5.91 Å². The molecule has 1 amide bonds. The molecule has 0 N–H and O–H groups in total. The van der Waals surface area contributed by atoms with Crippen LogP contribution in [0, 0.1) is 0 Å². The number of fused-ring (bicyclic) bond motifs is 4. The number of carbonyl (C=O) groups is 1. The van der Waals surface area contributed by atoms with E-state index < -0.39 is 5.54 Å². The normalized spacial score (nSPS) is 20.6. The smallest absolute Gasteiger partial charge is 0.274 e. The monoisotopic (exact) mass is 286 g/mol. The summed E-state index contributed by atoms with van der Waals surface area (Å²) in [6.45, 7) is 0. The second-order valence-electron chi connectivity index (χ2n) is 6.20. The highest BCUT2D eigenvalue weighted by molar-refractivity contribution is 6.12. The molecule has 0 aromatic heterocycles. The van der Waals surface area contributed by atoms with Gasteiger partial charge in [0.25, 0.3) is 5.91 Å². The summed E-state index contributed by atoms with van der Waals surface area (Å²) in [5.74, 6) is 0.754. The van der Waals surface area contributed by atoms with Crippen LogP contribution < -0.4 is 0 Å². The first kappa shape index (κ1) is 11.9. The Morgan fingerprint density at radius 1 is 1.00 bits per heavy atom. The summed E-state index contributed by atoms with van der Waals surface area (Å²) in [6, 6.07) is 12.8. The van der Waals surface area contributed by atoms with Gasteiger partial charge in [0.05, 0.1) is 0 Å². The zero-order chi connectivity index (χ0) is 14.7. The topological polar surface area (TPSA) is 32.7 Å². The molecule has 5 rings (SSSR count). The van der Waals surface area contributed by atoms with Gasteiger partial charge in [-0.25, -0.2) is 0 Å². The lowest BCUT2D eigenvalue weighted by molar-refractivity contribution is -0.124. The Bertz CT molecular complexity index is 876. The number of amidine groups is 1. The van der Waals surface area contributed by atoms with E-state index in [4.69, 9.17) is 0 Å². The van der Waals surface area contributed by atoms with Gasteiger partial charge in [-0.15, -0.1) is 0 Å². The third-order valence-corrected chi connectivity index (χ3v) is 4.95. The van der Waals surface area contributed by atoms with Crippen LogP contribution in [0.4, 0.5) is 0 Å². The number of hydrogen-bond donors (Lipinski definition) is 0. The van der Waals surface area contributed by atoms with Crippen molar-refractivity contribution in [2.45, 2.75) is 18.4 Å². The number of allylic oxidation sites excluding steroid dienone is 2. The minimum Gasteiger partial charge on any atom is -0.317 e. The van der Waals surface area contributed by atoms with Gasteiger partial charge in [-0.3, -0.25) is 4.79 Å². The molecule has 2 aromatic carbocycles. The molecule has 1 aliphatic carbocycles. The summed E-state index contributed by atoms with van der Waals surface area (Å²) in [6.07, 6.45) is 9.26. The molecule has 0 fully saturated rings. The molecule has 0 saturated carbocycles. The summed E-state index contributed by atoms with van der Waals surface area (Å²) < 4.78 is 0. The fraction of sp³-hybridized carbons (Fsp3) is 0.158. The number of benzene rings is 2. The van der Waals surface area contributed by atoms with Gasteiger partial charge in [-0.2, -0.15) is 4.99 Å². The number of rotatable bonds is 0. The van der Waals surface area contributed by atoms with Gasteiger partial charge < -0.3 is 4.90 Å². The van der Waals surface area contributed by atoms with E-state index >= 15 is 0 Å². The van der Waals surface area contributed by atoms with E-state index in [0.29, 0.717) is 0 Å². The molecule has 22 heavy (non-hydrogen) atoms. The Kier molecular flexibility index (Phi) is 2.14. The standard InChI is InChI=1S/C19H14N2O/c22-18-19(21-8-4-3-7-17(21)20-18)11-15-9-13-5-1-2-6-14(13)10-16(15)12-19/h1-10H,11-12H2. The van der Waals surface area contributed by atoms with Crippen LogP contribution >= 0.6 is 0 Å². The Hall–Kier alpha value is -2.68. The second-order valence-corrected chi connectivity index (χ2v) is 6.20. The van der Waals surface area contributed by atoms with Crippen molar-refractivity contribution in [1.29, 1.82) is 0 Å². The number of nitrogens with zero attached hydrogens (tertiary/aromatic N) is 2. The molecule has 3 nitrogen and oxygen atoms in total. The second kappa shape index (κ2) is 3.95. The minimum absolute atomic E-state index is 0.0149. The lowest BCUT2D eigenvalue weighted by atomic mass is 9.93. The summed E-state index contributed by atoms with van der Waals surface area (Å²) >= 11 is 0. The van der Waals surface area contributed by atoms with Gasteiger partial charge in [0.1, 0.15) is 11.4 Å². The maximum absolute atomic E-state index is 12.6. The van der Waals surface area contributed by atoms with Gasteiger partial charge in [-0.1, -0.05) is 42.5 Å². The van der Waals surface area contributed by atoms with E-state index in [1.165, 1.54) is 21.9 Å². The molecule has 0 atom stereocenters. The molecule has 106 valence electrons. The molecule has 2 aliphatic heterocycles. The molecule has 3 aliphatic rings. The largest absolute Gasteiger partial charge is 0.317 e. The first-order valence-corrected chi connectivity index (χ1v) is 7.54. The van der Waals surface area contributed by atoms with Crippen LogP contribution in [0.1, 0.15) is 11.1 Å². The molecule has 2 heterocycles. The summed E-state index contributed by atoms with van der Waals surface area (Å²) in [7, 11) is 0. The van der Waals surface area contributed by atoms with Crippen molar-refractivity contribution in [1.82, 2.24) is 4.90 Å². The van der Waals surface area contributed by atoms with E-state index in [9.17, 15) is 4.79 Å². The Labute approximate surface area is 128 Å². The number of carbonyl (C=O) groups excluding carboxylic acids is 1. The summed E-state index contributed by atoms with van der Waals surface area (Å²) in [5.41, 5.74) is 1.99. The van der Waals surface area contributed by atoms with E-state index in [2.05, 4.69) is 46.3 Å². The number of amides is 1. The van der Waals surface area contributed by atoms with Crippen LogP contribution in [0.5, 0.6) is 0 Å². The predicted molar refractivity (Wildman–Crippen MR) is 86.6 cm³/mol. The van der Waals surface area contributed by atoms with Crippen molar-refractivity contribution < 1.29 is 4.79 Å². The SMILES string of the molecule is O=C1N=C2C=CC=CN2C12Cc1cc3ccccc3cc1C2. The molecule has 0 unspecified atom stereocenters. The van der Waals surface area contributed by atoms with Crippen LogP contribution in [0.15, 0.2) is 65.8 Å². The Balaban J connectivity index is 1.65. The maximum atomic E-state index is 12.6. The Morgan fingerprint density at radius 3 is 2.36 bits per heavy atom.